The molecule has 1 heterocycles. The van der Waals surface area contributed by atoms with Gasteiger partial charge in [-0.3, -0.25) is 4.79 Å². The van der Waals surface area contributed by atoms with Crippen molar-refractivity contribution in [3.05, 3.63) is 34.9 Å². The first-order valence-electron chi connectivity index (χ1n) is 6.97. The van der Waals surface area contributed by atoms with Crippen molar-refractivity contribution in [1.82, 2.24) is 10.2 Å². The molecule has 1 amide bonds. The van der Waals surface area contributed by atoms with Gasteiger partial charge < -0.3 is 10.2 Å². The first-order chi connectivity index (χ1) is 9.22. The smallest absolute Gasteiger partial charge is 0.224 e. The molecule has 1 aromatic rings. The van der Waals surface area contributed by atoms with E-state index in [1.807, 2.05) is 29.2 Å². The molecule has 1 N–H and O–H groups in total. The molecule has 1 aliphatic heterocycles. The van der Waals surface area contributed by atoms with Gasteiger partial charge in [0.2, 0.25) is 5.91 Å². The quantitative estimate of drug-likeness (QED) is 0.897. The summed E-state index contributed by atoms with van der Waals surface area (Å²) >= 11 is 6.14. The number of carbonyl (C=O) groups is 1. The van der Waals surface area contributed by atoms with Crippen LogP contribution < -0.4 is 5.32 Å². The Morgan fingerprint density at radius 2 is 2.11 bits per heavy atom. The van der Waals surface area contributed by atoms with E-state index in [1.54, 1.807) is 0 Å². The molecule has 3 nitrogen and oxygen atoms in total. The van der Waals surface area contributed by atoms with E-state index in [1.165, 1.54) is 12.8 Å². The Kier molecular flexibility index (Phi) is 3.76. The highest BCUT2D eigenvalue weighted by molar-refractivity contribution is 6.31. The van der Waals surface area contributed by atoms with E-state index >= 15 is 0 Å². The third kappa shape index (κ3) is 3.28. The molecule has 102 valence electrons. The molecule has 19 heavy (non-hydrogen) atoms. The summed E-state index contributed by atoms with van der Waals surface area (Å²) in [5, 5.41) is 4.25. The molecule has 0 radical (unpaired) electrons. The van der Waals surface area contributed by atoms with Gasteiger partial charge in [0, 0.05) is 30.6 Å². The molecule has 1 aromatic carbocycles. The molecule has 4 heteroatoms. The third-order valence-electron chi connectivity index (χ3n) is 3.93. The normalized spacial score (nSPS) is 23.1. The fraction of sp³-hybridized carbons (Fsp3) is 0.533. The largest absolute Gasteiger partial charge is 0.337 e. The molecule has 0 aromatic heterocycles. The number of benzene rings is 1. The first kappa shape index (κ1) is 12.9. The van der Waals surface area contributed by atoms with Gasteiger partial charge in [-0.2, -0.15) is 0 Å². The van der Waals surface area contributed by atoms with Crippen LogP contribution in [0.2, 0.25) is 5.02 Å². The minimum Gasteiger partial charge on any atom is -0.337 e. The maximum Gasteiger partial charge on any atom is 0.224 e. The maximum absolute atomic E-state index is 12.0. The Balaban J connectivity index is 1.56. The van der Waals surface area contributed by atoms with Crippen LogP contribution in [0.1, 0.15) is 24.8 Å². The number of amides is 1. The van der Waals surface area contributed by atoms with E-state index in [-0.39, 0.29) is 5.91 Å². The van der Waals surface area contributed by atoms with Crippen molar-refractivity contribution in [1.29, 1.82) is 0 Å². The van der Waals surface area contributed by atoms with Crippen LogP contribution >= 0.6 is 11.6 Å². The van der Waals surface area contributed by atoms with Crippen molar-refractivity contribution >= 4 is 17.5 Å². The summed E-state index contributed by atoms with van der Waals surface area (Å²) in [5.74, 6) is 1.08. The maximum atomic E-state index is 12.0. The second kappa shape index (κ2) is 5.51. The highest BCUT2D eigenvalue weighted by Gasteiger charge is 2.31. The zero-order valence-electron chi connectivity index (χ0n) is 10.9. The zero-order valence-corrected chi connectivity index (χ0v) is 11.7. The highest BCUT2D eigenvalue weighted by atomic mass is 35.5. The summed E-state index contributed by atoms with van der Waals surface area (Å²) in [6, 6.07) is 8.05. The Hall–Kier alpha value is -1.06. The molecule has 0 bridgehead atoms. The topological polar surface area (TPSA) is 32.3 Å². The predicted molar refractivity (Wildman–Crippen MR) is 76.0 cm³/mol. The number of likely N-dealkylation sites (tertiary alicyclic amines) is 1. The summed E-state index contributed by atoms with van der Waals surface area (Å²) in [4.78, 5) is 13.9. The van der Waals surface area contributed by atoms with Gasteiger partial charge in [-0.05, 0) is 36.9 Å². The fourth-order valence-corrected chi connectivity index (χ4v) is 2.74. The van der Waals surface area contributed by atoms with E-state index in [4.69, 9.17) is 11.6 Å². The lowest BCUT2D eigenvalue weighted by Gasteiger charge is -2.18. The molecule has 1 saturated heterocycles. The molecular weight excluding hydrogens is 260 g/mol. The lowest BCUT2D eigenvalue weighted by molar-refractivity contribution is -0.128. The predicted octanol–water partition coefficient (Wildman–Crippen LogP) is 2.44. The second-order valence-electron chi connectivity index (χ2n) is 5.62. The third-order valence-corrected chi connectivity index (χ3v) is 4.29. The van der Waals surface area contributed by atoms with Crippen molar-refractivity contribution in [2.75, 3.05) is 13.1 Å². The van der Waals surface area contributed by atoms with Crippen LogP contribution in [0, 0.1) is 5.92 Å². The fourth-order valence-electron chi connectivity index (χ4n) is 2.55. The van der Waals surface area contributed by atoms with Crippen LogP contribution in [0.3, 0.4) is 0 Å². The van der Waals surface area contributed by atoms with Crippen LogP contribution in [0.25, 0.3) is 0 Å². The van der Waals surface area contributed by atoms with Crippen LogP contribution in [0.5, 0.6) is 0 Å². The number of halogens is 1. The monoisotopic (exact) mass is 278 g/mol. The minimum atomic E-state index is 0.230. The summed E-state index contributed by atoms with van der Waals surface area (Å²) in [7, 11) is 0. The molecule has 1 saturated carbocycles. The highest BCUT2D eigenvalue weighted by Crippen LogP contribution is 2.28. The molecule has 2 aliphatic rings. The van der Waals surface area contributed by atoms with Gasteiger partial charge in [-0.25, -0.2) is 0 Å². The van der Waals surface area contributed by atoms with Crippen LogP contribution in [0.4, 0.5) is 0 Å². The number of hydrogen-bond donors (Lipinski definition) is 1. The first-order valence-corrected chi connectivity index (χ1v) is 7.35. The number of carbonyl (C=O) groups excluding carboxylic acids is 1. The van der Waals surface area contributed by atoms with Crippen molar-refractivity contribution in [2.45, 2.75) is 31.8 Å². The zero-order chi connectivity index (χ0) is 13.2. The Bertz CT molecular complexity index is 473. The molecule has 1 aliphatic carbocycles. The summed E-state index contributed by atoms with van der Waals surface area (Å²) in [6.07, 6.45) is 3.31. The van der Waals surface area contributed by atoms with E-state index < -0.39 is 0 Å². The number of rotatable bonds is 5. The number of nitrogens with one attached hydrogen (secondary N) is 1. The summed E-state index contributed by atoms with van der Waals surface area (Å²) in [5.41, 5.74) is 1.03. The van der Waals surface area contributed by atoms with Gasteiger partial charge in [-0.15, -0.1) is 0 Å². The van der Waals surface area contributed by atoms with Gasteiger partial charge in [0.15, 0.2) is 0 Å². The molecule has 2 fully saturated rings. The van der Waals surface area contributed by atoms with E-state index in [2.05, 4.69) is 5.32 Å². The molecule has 3 rings (SSSR count). The van der Waals surface area contributed by atoms with Crippen LogP contribution in [-0.2, 0) is 11.3 Å². The molecule has 1 atom stereocenters. The minimum absolute atomic E-state index is 0.230. The van der Waals surface area contributed by atoms with Crippen molar-refractivity contribution < 1.29 is 4.79 Å². The Morgan fingerprint density at radius 3 is 2.84 bits per heavy atom. The van der Waals surface area contributed by atoms with Gasteiger partial charge in [0.25, 0.3) is 0 Å². The molecule has 1 unspecified atom stereocenters. The second-order valence-corrected chi connectivity index (χ2v) is 6.03. The molecule has 0 spiro atoms. The van der Waals surface area contributed by atoms with Crippen LogP contribution in [0.15, 0.2) is 24.3 Å². The van der Waals surface area contributed by atoms with Crippen LogP contribution in [-0.4, -0.2) is 29.9 Å². The van der Waals surface area contributed by atoms with Gasteiger partial charge in [0.1, 0.15) is 0 Å². The van der Waals surface area contributed by atoms with Gasteiger partial charge in [0.05, 0.1) is 0 Å². The van der Waals surface area contributed by atoms with Crippen molar-refractivity contribution in [2.24, 2.45) is 5.92 Å². The van der Waals surface area contributed by atoms with E-state index in [9.17, 15) is 4.79 Å². The van der Waals surface area contributed by atoms with Gasteiger partial charge in [-0.1, -0.05) is 29.8 Å². The average Bonchev–Trinajstić information content (AvgIpc) is 3.16. The van der Waals surface area contributed by atoms with Crippen molar-refractivity contribution in [3.8, 4) is 0 Å². The number of hydrogen-bond acceptors (Lipinski definition) is 2. The lowest BCUT2D eigenvalue weighted by atomic mass is 10.2. The Labute approximate surface area is 118 Å². The molecular formula is C15H19ClN2O. The summed E-state index contributed by atoms with van der Waals surface area (Å²) in [6.45, 7) is 2.49. The SMILES string of the molecule is O=C1CC(NCC2CC2)CN1Cc1ccccc1Cl. The number of nitrogens with zero attached hydrogens (tertiary/aromatic N) is 1. The van der Waals surface area contributed by atoms with Crippen molar-refractivity contribution in [3.63, 3.8) is 0 Å². The summed E-state index contributed by atoms with van der Waals surface area (Å²) < 4.78 is 0. The lowest BCUT2D eigenvalue weighted by Crippen LogP contribution is -2.33. The Morgan fingerprint density at radius 1 is 1.32 bits per heavy atom. The van der Waals surface area contributed by atoms with Gasteiger partial charge >= 0.3 is 0 Å². The van der Waals surface area contributed by atoms with E-state index in [0.717, 1.165) is 29.6 Å². The standard InChI is InChI=1S/C15H19ClN2O/c16-14-4-2-1-3-12(14)9-18-10-13(7-15(18)19)17-8-11-5-6-11/h1-4,11,13,17H,5-10H2. The average molecular weight is 279 g/mol. The van der Waals surface area contributed by atoms with E-state index in [0.29, 0.717) is 19.0 Å².